The van der Waals surface area contributed by atoms with E-state index >= 15 is 0 Å². The van der Waals surface area contributed by atoms with Gasteiger partial charge in [-0.3, -0.25) is 4.79 Å². The van der Waals surface area contributed by atoms with E-state index in [-0.39, 0.29) is 5.92 Å². The largest absolute Gasteiger partial charge is 0.481 e. The average molecular weight is 294 g/mol. The number of piperidine rings is 1. The Morgan fingerprint density at radius 1 is 1.05 bits per heavy atom. The molecule has 1 aliphatic heterocycles. The molecule has 21 heavy (non-hydrogen) atoms. The molecular formula is C17H30N2O2. The Morgan fingerprint density at radius 2 is 1.76 bits per heavy atom. The number of carboxylic acids is 1. The second kappa shape index (κ2) is 7.10. The van der Waals surface area contributed by atoms with Crippen LogP contribution < -0.4 is 5.32 Å². The maximum atomic E-state index is 11.4. The van der Waals surface area contributed by atoms with Gasteiger partial charge in [0.2, 0.25) is 0 Å². The van der Waals surface area contributed by atoms with Gasteiger partial charge in [0.25, 0.3) is 0 Å². The van der Waals surface area contributed by atoms with Gasteiger partial charge in [-0.15, -0.1) is 0 Å². The predicted octanol–water partition coefficient (Wildman–Crippen LogP) is 2.34. The lowest BCUT2D eigenvalue weighted by molar-refractivity contribution is -0.144. The lowest BCUT2D eigenvalue weighted by Crippen LogP contribution is -2.52. The monoisotopic (exact) mass is 294 g/mol. The van der Waals surface area contributed by atoms with Crippen molar-refractivity contribution < 1.29 is 9.90 Å². The van der Waals surface area contributed by atoms with Crippen molar-refractivity contribution in [3.63, 3.8) is 0 Å². The van der Waals surface area contributed by atoms with Gasteiger partial charge >= 0.3 is 5.97 Å². The molecular weight excluding hydrogens is 264 g/mol. The number of rotatable bonds is 6. The Hall–Kier alpha value is -0.610. The molecule has 3 fully saturated rings. The van der Waals surface area contributed by atoms with E-state index in [1.807, 2.05) is 0 Å². The van der Waals surface area contributed by atoms with Crippen molar-refractivity contribution in [1.82, 2.24) is 10.2 Å². The van der Waals surface area contributed by atoms with E-state index in [1.165, 1.54) is 44.9 Å². The topological polar surface area (TPSA) is 52.6 Å². The zero-order valence-electron chi connectivity index (χ0n) is 13.1. The van der Waals surface area contributed by atoms with Crippen LogP contribution in [0.15, 0.2) is 0 Å². The first kappa shape index (κ1) is 15.3. The van der Waals surface area contributed by atoms with Crippen LogP contribution in [0.3, 0.4) is 0 Å². The van der Waals surface area contributed by atoms with Crippen LogP contribution in [0.5, 0.6) is 0 Å². The zero-order valence-corrected chi connectivity index (χ0v) is 13.1. The molecule has 0 radical (unpaired) electrons. The van der Waals surface area contributed by atoms with Gasteiger partial charge in [0.05, 0.1) is 5.92 Å². The summed E-state index contributed by atoms with van der Waals surface area (Å²) >= 11 is 0. The molecule has 3 aliphatic rings. The summed E-state index contributed by atoms with van der Waals surface area (Å²) in [6, 6.07) is 0.377. The molecule has 120 valence electrons. The minimum Gasteiger partial charge on any atom is -0.481 e. The summed E-state index contributed by atoms with van der Waals surface area (Å²) in [5, 5.41) is 13.1. The second-order valence-corrected chi connectivity index (χ2v) is 7.54. The van der Waals surface area contributed by atoms with Crippen molar-refractivity contribution in [3.8, 4) is 0 Å². The number of nitrogens with zero attached hydrogens (tertiary/aromatic N) is 1. The number of aliphatic carboxylic acids is 1. The first-order valence-electron chi connectivity index (χ1n) is 8.89. The molecule has 2 unspecified atom stereocenters. The normalized spacial score (nSPS) is 32.2. The first-order valence-corrected chi connectivity index (χ1v) is 8.89. The van der Waals surface area contributed by atoms with Crippen LogP contribution in [0.2, 0.25) is 0 Å². The Morgan fingerprint density at radius 3 is 2.38 bits per heavy atom. The summed E-state index contributed by atoms with van der Waals surface area (Å²) in [6.07, 6.45) is 10.3. The highest BCUT2D eigenvalue weighted by Crippen LogP contribution is 2.28. The Labute approximate surface area is 128 Å². The van der Waals surface area contributed by atoms with Crippen LogP contribution >= 0.6 is 0 Å². The van der Waals surface area contributed by atoms with Crippen LogP contribution in [0.1, 0.15) is 51.4 Å². The molecule has 3 rings (SSSR count). The number of hydrogen-bond acceptors (Lipinski definition) is 3. The van der Waals surface area contributed by atoms with Gasteiger partial charge in [0.1, 0.15) is 0 Å². The summed E-state index contributed by atoms with van der Waals surface area (Å²) in [6.45, 7) is 4.01. The summed E-state index contributed by atoms with van der Waals surface area (Å²) < 4.78 is 0. The Bertz CT molecular complexity index is 351. The third-order valence-electron chi connectivity index (χ3n) is 5.79. The first-order chi connectivity index (χ1) is 10.2. The molecule has 2 saturated carbocycles. The lowest BCUT2D eigenvalue weighted by atomic mass is 9.85. The molecule has 0 aromatic carbocycles. The highest BCUT2D eigenvalue weighted by molar-refractivity contribution is 5.70. The summed E-state index contributed by atoms with van der Waals surface area (Å²) in [5.74, 6) is 0.865. The number of likely N-dealkylation sites (tertiary alicyclic amines) is 1. The molecule has 0 aromatic heterocycles. The highest BCUT2D eigenvalue weighted by atomic mass is 16.4. The molecule has 0 bridgehead atoms. The van der Waals surface area contributed by atoms with Crippen molar-refractivity contribution >= 4 is 5.97 Å². The quantitative estimate of drug-likeness (QED) is 0.789. The van der Waals surface area contributed by atoms with E-state index in [0.717, 1.165) is 44.4 Å². The molecule has 0 aromatic rings. The molecule has 1 heterocycles. The van der Waals surface area contributed by atoms with E-state index in [9.17, 15) is 9.90 Å². The van der Waals surface area contributed by atoms with Crippen LogP contribution in [0.4, 0.5) is 0 Å². The van der Waals surface area contributed by atoms with Crippen molar-refractivity contribution in [2.45, 2.75) is 57.4 Å². The minimum atomic E-state index is -0.610. The second-order valence-electron chi connectivity index (χ2n) is 7.54. The number of carboxylic acid groups (broad SMARTS) is 1. The summed E-state index contributed by atoms with van der Waals surface area (Å²) in [4.78, 5) is 13.9. The third kappa shape index (κ3) is 4.19. The number of nitrogens with one attached hydrogen (secondary N) is 1. The summed E-state index contributed by atoms with van der Waals surface area (Å²) in [7, 11) is 0. The van der Waals surface area contributed by atoms with Crippen molar-refractivity contribution in [3.05, 3.63) is 0 Å². The predicted molar refractivity (Wildman–Crippen MR) is 83.3 cm³/mol. The fourth-order valence-corrected chi connectivity index (χ4v) is 4.25. The van der Waals surface area contributed by atoms with E-state index in [1.54, 1.807) is 0 Å². The lowest BCUT2D eigenvalue weighted by Gasteiger charge is -2.39. The fraction of sp³-hybridized carbons (Fsp3) is 0.941. The van der Waals surface area contributed by atoms with Crippen molar-refractivity contribution in [1.29, 1.82) is 0 Å². The Balaban J connectivity index is 1.50. The minimum absolute atomic E-state index is 0.181. The van der Waals surface area contributed by atoms with E-state index in [4.69, 9.17) is 0 Å². The van der Waals surface area contributed by atoms with E-state index in [2.05, 4.69) is 10.2 Å². The molecule has 2 aliphatic carbocycles. The maximum absolute atomic E-state index is 11.4. The van der Waals surface area contributed by atoms with Crippen molar-refractivity contribution in [2.24, 2.45) is 17.8 Å². The van der Waals surface area contributed by atoms with E-state index < -0.39 is 5.97 Å². The van der Waals surface area contributed by atoms with Gasteiger partial charge in [0, 0.05) is 25.7 Å². The van der Waals surface area contributed by atoms with Gasteiger partial charge < -0.3 is 15.3 Å². The molecule has 2 atom stereocenters. The smallest absolute Gasteiger partial charge is 0.307 e. The third-order valence-corrected chi connectivity index (χ3v) is 5.79. The van der Waals surface area contributed by atoms with Gasteiger partial charge in [0.15, 0.2) is 0 Å². The van der Waals surface area contributed by atoms with Gasteiger partial charge in [-0.25, -0.2) is 0 Å². The molecule has 0 amide bonds. The van der Waals surface area contributed by atoms with Gasteiger partial charge in [-0.05, 0) is 50.5 Å². The van der Waals surface area contributed by atoms with Gasteiger partial charge in [-0.1, -0.05) is 19.3 Å². The average Bonchev–Trinajstić information content (AvgIpc) is 2.89. The maximum Gasteiger partial charge on any atom is 0.307 e. The highest BCUT2D eigenvalue weighted by Gasteiger charge is 2.33. The molecule has 2 N–H and O–H groups in total. The fourth-order valence-electron chi connectivity index (χ4n) is 4.25. The van der Waals surface area contributed by atoms with Crippen LogP contribution in [0, 0.1) is 17.8 Å². The molecule has 1 saturated heterocycles. The van der Waals surface area contributed by atoms with Crippen molar-refractivity contribution in [2.75, 3.05) is 26.2 Å². The van der Waals surface area contributed by atoms with Crippen LogP contribution in [-0.2, 0) is 4.79 Å². The van der Waals surface area contributed by atoms with Crippen LogP contribution in [0.25, 0.3) is 0 Å². The standard InChI is InChI=1S/C17H30N2O2/c20-17(21)15-8-16(18-9-13-6-3-7-13)12-19(11-15)10-14-4-1-2-5-14/h13-16,18H,1-12H2,(H,20,21). The van der Waals surface area contributed by atoms with E-state index in [0.29, 0.717) is 6.04 Å². The SMILES string of the molecule is O=C(O)C1CC(NCC2CCC2)CN(CC2CCCC2)C1. The van der Waals surface area contributed by atoms with Crippen LogP contribution in [-0.4, -0.2) is 48.2 Å². The number of hydrogen-bond donors (Lipinski definition) is 2. The summed E-state index contributed by atoms with van der Waals surface area (Å²) in [5.41, 5.74) is 0. The van der Waals surface area contributed by atoms with Gasteiger partial charge in [-0.2, -0.15) is 0 Å². The zero-order chi connectivity index (χ0) is 14.7. The molecule has 4 nitrogen and oxygen atoms in total. The number of carbonyl (C=O) groups is 1. The Kier molecular flexibility index (Phi) is 5.17. The molecule has 4 heteroatoms. The molecule has 0 spiro atoms.